The van der Waals surface area contributed by atoms with Crippen LogP contribution in [-0.2, 0) is 0 Å². The van der Waals surface area contributed by atoms with E-state index in [-0.39, 0.29) is 104 Å². The molecular formula is C72H74N2O16. The molecule has 0 N–H and O–H groups in total. The fourth-order valence-corrected chi connectivity index (χ4v) is 12.5. The Bertz CT molecular complexity index is 3670. The van der Waals surface area contributed by atoms with Crippen molar-refractivity contribution in [3.63, 3.8) is 0 Å². The van der Waals surface area contributed by atoms with Crippen molar-refractivity contribution < 1.29 is 76.0 Å². The number of methoxy groups -OCH3 is 8. The molecule has 0 spiro atoms. The Morgan fingerprint density at radius 1 is 0.289 bits per heavy atom. The Balaban J connectivity index is 1.39. The molecule has 2 heterocycles. The number of rotatable bonds is 28. The minimum Gasteiger partial charge on any atom is -0.496 e. The third-order valence-electron chi connectivity index (χ3n) is 17.2. The van der Waals surface area contributed by atoms with Gasteiger partial charge in [-0.3, -0.25) is 29.0 Å². The van der Waals surface area contributed by atoms with Crippen molar-refractivity contribution in [1.29, 1.82) is 0 Å². The molecule has 2 aliphatic heterocycles. The minimum absolute atomic E-state index is 0.0193. The lowest BCUT2D eigenvalue weighted by Gasteiger charge is -2.34. The molecule has 0 aromatic heterocycles. The lowest BCUT2D eigenvalue weighted by Crippen LogP contribution is -2.43. The molecule has 90 heavy (non-hydrogen) atoms. The lowest BCUT2D eigenvalue weighted by atomic mass is 9.80. The first-order chi connectivity index (χ1) is 43.7. The summed E-state index contributed by atoms with van der Waals surface area (Å²) in [6.07, 6.45) is 6.67. The maximum Gasteiger partial charge on any atom is 0.261 e. The van der Waals surface area contributed by atoms with Crippen molar-refractivity contribution in [2.45, 2.75) is 79.1 Å². The molecule has 18 nitrogen and oxygen atoms in total. The largest absolute Gasteiger partial charge is 0.496 e. The number of amides is 4. The van der Waals surface area contributed by atoms with Crippen LogP contribution in [0, 0.1) is 11.8 Å². The summed E-state index contributed by atoms with van der Waals surface area (Å²) >= 11 is 0. The number of carbonyl (C=O) groups is 4. The Kier molecular flexibility index (Phi) is 17.9. The van der Waals surface area contributed by atoms with Gasteiger partial charge < -0.3 is 56.8 Å². The van der Waals surface area contributed by atoms with Gasteiger partial charge in [-0.25, -0.2) is 0 Å². The molecule has 2 atom stereocenters. The Hall–Kier alpha value is -9.84. The number of hydrogen-bond acceptors (Lipinski definition) is 16. The molecular weight excluding hydrogens is 1150 g/mol. The van der Waals surface area contributed by atoms with Gasteiger partial charge in [-0.2, -0.15) is 0 Å². The minimum atomic E-state index is -0.546. The maximum absolute atomic E-state index is 15.9. The van der Waals surface area contributed by atoms with E-state index in [1.165, 1.54) is 66.7 Å². The third-order valence-corrected chi connectivity index (χ3v) is 17.2. The number of benzene rings is 9. The number of hydrogen-bond donors (Lipinski definition) is 0. The highest BCUT2D eigenvalue weighted by Crippen LogP contribution is 2.58. The van der Waals surface area contributed by atoms with Gasteiger partial charge in [0.05, 0.1) is 79.1 Å². The lowest BCUT2D eigenvalue weighted by molar-refractivity contribution is 0.0565. The fraction of sp³-hybridized carbons (Fsp3) is 0.333. The van der Waals surface area contributed by atoms with Gasteiger partial charge in [0, 0.05) is 129 Å². The van der Waals surface area contributed by atoms with E-state index in [1.54, 1.807) is 97.1 Å². The highest BCUT2D eigenvalue weighted by Gasteiger charge is 2.42. The second kappa shape index (κ2) is 26.1. The molecule has 9 aromatic rings. The zero-order valence-corrected chi connectivity index (χ0v) is 52.9. The zero-order chi connectivity index (χ0) is 63.7. The summed E-state index contributed by atoms with van der Waals surface area (Å²) < 4.78 is 75.2. The number of nitrogens with zero attached hydrogens (tertiary/aromatic N) is 2. The van der Waals surface area contributed by atoms with Crippen LogP contribution in [-0.4, -0.2) is 103 Å². The van der Waals surface area contributed by atoms with E-state index in [0.717, 1.165) is 38.5 Å². The Morgan fingerprint density at radius 2 is 0.500 bits per heavy atom. The molecule has 11 rings (SSSR count). The first kappa shape index (κ1) is 61.8. The number of imide groups is 2. The first-order valence-corrected chi connectivity index (χ1v) is 30.4. The zero-order valence-electron chi connectivity index (χ0n) is 52.9. The van der Waals surface area contributed by atoms with Gasteiger partial charge >= 0.3 is 0 Å². The van der Waals surface area contributed by atoms with Crippen molar-refractivity contribution in [2.24, 2.45) is 11.8 Å². The highest BCUT2D eigenvalue weighted by atomic mass is 16.5. The molecule has 9 aromatic carbocycles. The number of fused-ring (bicyclic) bond motifs is 2. The van der Waals surface area contributed by atoms with E-state index in [2.05, 4.69) is 27.7 Å². The van der Waals surface area contributed by atoms with E-state index in [4.69, 9.17) is 56.8 Å². The van der Waals surface area contributed by atoms with Gasteiger partial charge in [-0.15, -0.1) is 0 Å². The van der Waals surface area contributed by atoms with Crippen LogP contribution in [0.4, 0.5) is 0 Å². The predicted octanol–water partition coefficient (Wildman–Crippen LogP) is 16.6. The molecule has 0 saturated heterocycles. The Morgan fingerprint density at radius 3 is 0.689 bits per heavy atom. The van der Waals surface area contributed by atoms with Gasteiger partial charge in [-0.05, 0) is 48.9 Å². The molecule has 4 amide bonds. The summed E-state index contributed by atoms with van der Waals surface area (Å²) in [5.74, 6) is 2.37. The van der Waals surface area contributed by atoms with E-state index >= 15 is 19.2 Å². The molecule has 2 unspecified atom stereocenters. The topological polar surface area (TPSA) is 186 Å². The second-order valence-corrected chi connectivity index (χ2v) is 22.6. The van der Waals surface area contributed by atoms with Crippen LogP contribution in [0.2, 0.25) is 0 Å². The molecule has 18 heteroatoms. The summed E-state index contributed by atoms with van der Waals surface area (Å²) in [5.41, 5.74) is 0.604. The number of carbonyl (C=O) groups excluding carboxylic acids is 4. The van der Waals surface area contributed by atoms with Gasteiger partial charge in [-0.1, -0.05) is 66.2 Å². The number of ether oxygens (including phenoxy) is 12. The van der Waals surface area contributed by atoms with Crippen molar-refractivity contribution in [1.82, 2.24) is 9.80 Å². The fourth-order valence-electron chi connectivity index (χ4n) is 12.5. The molecule has 0 saturated carbocycles. The second-order valence-electron chi connectivity index (χ2n) is 22.6. The van der Waals surface area contributed by atoms with Crippen LogP contribution in [0.1, 0.15) is 120 Å². The van der Waals surface area contributed by atoms with Crippen LogP contribution in [0.5, 0.6) is 92.0 Å². The molecule has 0 fully saturated rings. The molecule has 0 bridgehead atoms. The summed E-state index contributed by atoms with van der Waals surface area (Å²) in [7, 11) is 12.2. The monoisotopic (exact) mass is 1220 g/mol. The van der Waals surface area contributed by atoms with Crippen molar-refractivity contribution in [3.05, 3.63) is 119 Å². The summed E-state index contributed by atoms with van der Waals surface area (Å²) in [5, 5.41) is 2.37. The first-order valence-electron chi connectivity index (χ1n) is 30.4. The standard InChI is InChI=1S/C72H74N2O16/c1-13-17-19-39(15-3)37-73-69(75)53-33-57(87-49-25-41(79-5)21-42(26-49)80-6)63-65-59(89-51-29-45(83-9)23-46(30-51)84-10)35-55-62-56(72(78)74(71(55)77)38-40(16-4)20-18-14-2)36-60(90-52-31-47(85-11)24-48(32-52)86-12)66(68(62)65)64-58(34-54(70(73)76)61(53)67(63)64)88-50-27-43(81-7)22-44(28-50)82-8/h21-36,39-40H,13-20,37-38H2,1-12H3. The van der Waals surface area contributed by atoms with Crippen LogP contribution in [0.3, 0.4) is 0 Å². The normalized spacial score (nSPS) is 13.5. The van der Waals surface area contributed by atoms with E-state index in [1.807, 2.05) is 0 Å². The SMILES string of the molecule is CCCCC(CC)CN1C(=O)c2cc(Oc3cc(OC)cc(OC)c3)c3c4c(Oc5cc(OC)cc(OC)c5)cc5c6c(cc(Oc7cc(OC)cc(OC)c7)c(c7c(Oc8cc(OC)cc(OC)c8)cc(c2c37)C1=O)c64)C(=O)N(CC(CC)CCCC)C5=O. The molecule has 468 valence electrons. The van der Waals surface area contributed by atoms with Crippen molar-refractivity contribution in [3.8, 4) is 92.0 Å². The van der Waals surface area contributed by atoms with Crippen molar-refractivity contribution >= 4 is 66.7 Å². The van der Waals surface area contributed by atoms with E-state index in [0.29, 0.717) is 91.2 Å². The van der Waals surface area contributed by atoms with Crippen LogP contribution in [0.25, 0.3) is 43.1 Å². The number of unbranched alkanes of at least 4 members (excludes halogenated alkanes) is 2. The quantitative estimate of drug-likeness (QED) is 0.0256. The summed E-state index contributed by atoms with van der Waals surface area (Å²) in [6, 6.07) is 26.9. The van der Waals surface area contributed by atoms with E-state index in [9.17, 15) is 0 Å². The van der Waals surface area contributed by atoms with Crippen LogP contribution >= 0.6 is 0 Å². The van der Waals surface area contributed by atoms with Crippen LogP contribution < -0.4 is 56.8 Å². The molecule has 0 aliphatic carbocycles. The maximum atomic E-state index is 15.9. The predicted molar refractivity (Wildman–Crippen MR) is 343 cm³/mol. The van der Waals surface area contributed by atoms with Gasteiger partial charge in [0.15, 0.2) is 0 Å². The smallest absolute Gasteiger partial charge is 0.261 e. The van der Waals surface area contributed by atoms with E-state index < -0.39 is 23.6 Å². The summed E-state index contributed by atoms with van der Waals surface area (Å²) in [6.45, 7) is 8.62. The average Bonchev–Trinajstić information content (AvgIpc) is 0.675. The molecule has 0 radical (unpaired) electrons. The third kappa shape index (κ3) is 11.4. The van der Waals surface area contributed by atoms with Crippen LogP contribution in [0.15, 0.2) is 97.1 Å². The molecule has 2 aliphatic rings. The summed E-state index contributed by atoms with van der Waals surface area (Å²) in [4.78, 5) is 66.1. The Labute approximate surface area is 522 Å². The highest BCUT2D eigenvalue weighted by molar-refractivity contribution is 6.44. The van der Waals surface area contributed by atoms with Gasteiger partial charge in [0.2, 0.25) is 0 Å². The van der Waals surface area contributed by atoms with Gasteiger partial charge in [0.1, 0.15) is 92.0 Å². The van der Waals surface area contributed by atoms with Crippen molar-refractivity contribution in [2.75, 3.05) is 70.0 Å². The van der Waals surface area contributed by atoms with Gasteiger partial charge in [0.25, 0.3) is 23.6 Å². The average molecular weight is 1220 g/mol.